The second kappa shape index (κ2) is 6.73. The van der Waals surface area contributed by atoms with E-state index in [4.69, 9.17) is 15.9 Å². The molecule has 0 bridgehead atoms. The normalized spacial score (nSPS) is 12.2. The van der Waals surface area contributed by atoms with Gasteiger partial charge in [-0.25, -0.2) is 4.39 Å². The summed E-state index contributed by atoms with van der Waals surface area (Å²) >= 11 is 3.09. The number of ether oxygens (including phenoxy) is 1. The van der Waals surface area contributed by atoms with Gasteiger partial charge in [0.2, 0.25) is 0 Å². The molecule has 0 heterocycles. The van der Waals surface area contributed by atoms with Crippen LogP contribution < -0.4 is 10.5 Å². The zero-order chi connectivity index (χ0) is 13.7. The van der Waals surface area contributed by atoms with E-state index in [-0.39, 0.29) is 16.1 Å². The summed E-state index contributed by atoms with van der Waals surface area (Å²) in [5.74, 6) is -0.103. The van der Waals surface area contributed by atoms with Gasteiger partial charge >= 0.3 is 0 Å². The number of halogens is 2. The van der Waals surface area contributed by atoms with Crippen LogP contribution in [0.4, 0.5) is 4.39 Å². The number of hydrogen-bond acceptors (Lipinski definition) is 2. The molecular formula is C13H18BrFN2O. The Morgan fingerprint density at radius 3 is 2.78 bits per heavy atom. The number of nitrogen functional groups attached to an aromatic ring is 1. The molecule has 3 nitrogen and oxygen atoms in total. The molecule has 0 aliphatic carbocycles. The van der Waals surface area contributed by atoms with Crippen molar-refractivity contribution in [3.8, 4) is 5.75 Å². The predicted molar refractivity (Wildman–Crippen MR) is 74.7 cm³/mol. The van der Waals surface area contributed by atoms with Gasteiger partial charge in [0.15, 0.2) is 11.6 Å². The van der Waals surface area contributed by atoms with Crippen LogP contribution in [0.25, 0.3) is 0 Å². The Balaban J connectivity index is 2.79. The summed E-state index contributed by atoms with van der Waals surface area (Å²) in [5, 5.41) is 7.31. The van der Waals surface area contributed by atoms with Crippen LogP contribution in [0.5, 0.6) is 5.75 Å². The lowest BCUT2D eigenvalue weighted by Gasteiger charge is -2.14. The zero-order valence-electron chi connectivity index (χ0n) is 10.6. The molecule has 0 saturated carbocycles. The fourth-order valence-electron chi connectivity index (χ4n) is 1.66. The smallest absolute Gasteiger partial charge is 0.179 e. The highest BCUT2D eigenvalue weighted by Crippen LogP contribution is 2.28. The van der Waals surface area contributed by atoms with Crippen molar-refractivity contribution in [3.63, 3.8) is 0 Å². The average Bonchev–Trinajstić information content (AvgIpc) is 2.31. The van der Waals surface area contributed by atoms with E-state index in [1.54, 1.807) is 6.07 Å². The van der Waals surface area contributed by atoms with E-state index >= 15 is 0 Å². The van der Waals surface area contributed by atoms with Crippen molar-refractivity contribution in [3.05, 3.63) is 28.0 Å². The van der Waals surface area contributed by atoms with Crippen molar-refractivity contribution in [2.24, 2.45) is 11.7 Å². The van der Waals surface area contributed by atoms with Crippen molar-refractivity contribution in [2.75, 3.05) is 6.61 Å². The Labute approximate surface area is 115 Å². The summed E-state index contributed by atoms with van der Waals surface area (Å²) in [6.45, 7) is 4.66. The third-order valence-electron chi connectivity index (χ3n) is 2.64. The molecule has 0 radical (unpaired) electrons. The van der Waals surface area contributed by atoms with Crippen LogP contribution in [0.2, 0.25) is 0 Å². The number of amidine groups is 1. The SMILES string of the molecule is CCCC(C)COc1ccc(C(=N)N)c(Br)c1F. The van der Waals surface area contributed by atoms with Crippen molar-refractivity contribution < 1.29 is 9.13 Å². The van der Waals surface area contributed by atoms with Crippen molar-refractivity contribution in [2.45, 2.75) is 26.7 Å². The van der Waals surface area contributed by atoms with E-state index in [9.17, 15) is 4.39 Å². The summed E-state index contributed by atoms with van der Waals surface area (Å²) < 4.78 is 19.6. The second-order valence-corrected chi connectivity index (χ2v) is 5.15. The van der Waals surface area contributed by atoms with Crippen molar-refractivity contribution in [1.29, 1.82) is 5.41 Å². The summed E-state index contributed by atoms with van der Waals surface area (Å²) in [5.41, 5.74) is 5.68. The first-order valence-electron chi connectivity index (χ1n) is 5.92. The Hall–Kier alpha value is -1.10. The first-order chi connectivity index (χ1) is 8.47. The molecule has 0 aromatic heterocycles. The molecule has 18 heavy (non-hydrogen) atoms. The van der Waals surface area contributed by atoms with Gasteiger partial charge in [-0.1, -0.05) is 20.3 Å². The van der Waals surface area contributed by atoms with Gasteiger partial charge in [-0.15, -0.1) is 0 Å². The van der Waals surface area contributed by atoms with Gasteiger partial charge in [-0.2, -0.15) is 0 Å². The van der Waals surface area contributed by atoms with E-state index in [1.807, 2.05) is 0 Å². The first-order valence-corrected chi connectivity index (χ1v) is 6.71. The predicted octanol–water partition coefficient (Wildman–Crippen LogP) is 3.69. The molecule has 100 valence electrons. The number of rotatable bonds is 6. The Morgan fingerprint density at radius 2 is 2.22 bits per heavy atom. The number of benzene rings is 1. The fraction of sp³-hybridized carbons (Fsp3) is 0.462. The lowest BCUT2D eigenvalue weighted by atomic mass is 10.1. The topological polar surface area (TPSA) is 59.1 Å². The molecule has 1 rings (SSSR count). The fourth-order valence-corrected chi connectivity index (χ4v) is 2.20. The van der Waals surface area contributed by atoms with Crippen LogP contribution in [0.1, 0.15) is 32.3 Å². The molecule has 1 aromatic rings. The molecule has 0 amide bonds. The molecule has 1 unspecified atom stereocenters. The molecule has 0 fully saturated rings. The van der Waals surface area contributed by atoms with Gasteiger partial charge in [0.05, 0.1) is 11.1 Å². The highest BCUT2D eigenvalue weighted by Gasteiger charge is 2.14. The first kappa shape index (κ1) is 15.0. The van der Waals surface area contributed by atoms with Crippen LogP contribution in [0.15, 0.2) is 16.6 Å². The van der Waals surface area contributed by atoms with Gasteiger partial charge < -0.3 is 10.5 Å². The lowest BCUT2D eigenvalue weighted by molar-refractivity contribution is 0.241. The van der Waals surface area contributed by atoms with Crippen LogP contribution in [-0.4, -0.2) is 12.4 Å². The lowest BCUT2D eigenvalue weighted by Crippen LogP contribution is -2.14. The van der Waals surface area contributed by atoms with Gasteiger partial charge in [0.25, 0.3) is 0 Å². The monoisotopic (exact) mass is 316 g/mol. The maximum absolute atomic E-state index is 13.9. The summed E-state index contributed by atoms with van der Waals surface area (Å²) in [4.78, 5) is 0. The highest BCUT2D eigenvalue weighted by atomic mass is 79.9. The molecule has 0 saturated heterocycles. The Bertz CT molecular complexity index is 437. The maximum atomic E-state index is 13.9. The van der Waals surface area contributed by atoms with Crippen LogP contribution >= 0.6 is 15.9 Å². The van der Waals surface area contributed by atoms with E-state index in [0.717, 1.165) is 12.8 Å². The second-order valence-electron chi connectivity index (χ2n) is 4.36. The zero-order valence-corrected chi connectivity index (χ0v) is 12.2. The van der Waals surface area contributed by atoms with Crippen LogP contribution in [-0.2, 0) is 0 Å². The number of nitrogens with two attached hydrogens (primary N) is 1. The minimum atomic E-state index is -0.508. The molecule has 3 N–H and O–H groups in total. The third kappa shape index (κ3) is 3.70. The number of hydrogen-bond donors (Lipinski definition) is 2. The summed E-state index contributed by atoms with van der Waals surface area (Å²) in [6, 6.07) is 3.09. The summed E-state index contributed by atoms with van der Waals surface area (Å²) in [6.07, 6.45) is 2.13. The van der Waals surface area contributed by atoms with E-state index < -0.39 is 5.82 Å². The van der Waals surface area contributed by atoms with Crippen LogP contribution in [0.3, 0.4) is 0 Å². The molecule has 5 heteroatoms. The van der Waals surface area contributed by atoms with E-state index in [0.29, 0.717) is 18.1 Å². The van der Waals surface area contributed by atoms with Gasteiger partial charge in [0.1, 0.15) is 5.84 Å². The van der Waals surface area contributed by atoms with Crippen molar-refractivity contribution >= 4 is 21.8 Å². The minimum Gasteiger partial charge on any atom is -0.490 e. The van der Waals surface area contributed by atoms with Gasteiger partial charge in [-0.05, 0) is 40.4 Å². The quantitative estimate of drug-likeness (QED) is 0.621. The largest absolute Gasteiger partial charge is 0.490 e. The maximum Gasteiger partial charge on any atom is 0.179 e. The van der Waals surface area contributed by atoms with Gasteiger partial charge in [-0.3, -0.25) is 5.41 Å². The molecule has 0 spiro atoms. The molecule has 0 aliphatic heterocycles. The van der Waals surface area contributed by atoms with Gasteiger partial charge in [0, 0.05) is 5.56 Å². The molecular weight excluding hydrogens is 299 g/mol. The summed E-state index contributed by atoms with van der Waals surface area (Å²) in [7, 11) is 0. The van der Waals surface area contributed by atoms with Crippen LogP contribution in [0, 0.1) is 17.1 Å². The third-order valence-corrected chi connectivity index (χ3v) is 3.42. The minimum absolute atomic E-state index is 0.174. The Kier molecular flexibility index (Phi) is 5.59. The van der Waals surface area contributed by atoms with Crippen molar-refractivity contribution in [1.82, 2.24) is 0 Å². The van der Waals surface area contributed by atoms with E-state index in [1.165, 1.54) is 6.07 Å². The highest BCUT2D eigenvalue weighted by molar-refractivity contribution is 9.10. The standard InChI is InChI=1S/C13H18BrFN2O/c1-3-4-8(2)7-18-10-6-5-9(13(16)17)11(14)12(10)15/h5-6,8H,3-4,7H2,1-2H3,(H3,16,17). The molecule has 1 aromatic carbocycles. The Morgan fingerprint density at radius 1 is 1.56 bits per heavy atom. The average molecular weight is 317 g/mol. The number of nitrogens with one attached hydrogen (secondary N) is 1. The molecule has 0 aliphatic rings. The van der Waals surface area contributed by atoms with E-state index in [2.05, 4.69) is 29.8 Å². The molecule has 1 atom stereocenters.